The maximum absolute atomic E-state index is 11.7. The predicted octanol–water partition coefficient (Wildman–Crippen LogP) is 3.68. The Balaban J connectivity index is 2.22. The van der Waals surface area contributed by atoms with Gasteiger partial charge >= 0.3 is 0 Å². The number of likely N-dealkylation sites (N-methyl/N-ethyl adjacent to an activating group) is 1. The minimum absolute atomic E-state index is 0.126. The summed E-state index contributed by atoms with van der Waals surface area (Å²) in [7, 11) is 3.27. The van der Waals surface area contributed by atoms with Crippen LogP contribution in [0.2, 0.25) is 0 Å². The molecule has 3 heteroatoms. The minimum Gasteiger partial charge on any atom is -0.633 e. The van der Waals surface area contributed by atoms with Crippen molar-refractivity contribution in [3.8, 4) is 0 Å². The van der Waals surface area contributed by atoms with Crippen LogP contribution in [0.25, 0.3) is 0 Å². The van der Waals surface area contributed by atoms with E-state index in [1.807, 2.05) is 30.3 Å². The van der Waals surface area contributed by atoms with Gasteiger partial charge in [-0.05, 0) is 23.6 Å². The van der Waals surface area contributed by atoms with Crippen LogP contribution >= 0.6 is 0 Å². The van der Waals surface area contributed by atoms with Crippen LogP contribution in [0.1, 0.15) is 22.8 Å². The number of ether oxygens (including phenoxy) is 1. The fraction of sp³-hybridized carbons (Fsp3) is 0.333. The summed E-state index contributed by atoms with van der Waals surface area (Å²) < 4.78 is 5.72. The monoisotopic (exact) mass is 285 g/mol. The average Bonchev–Trinajstić information content (AvgIpc) is 2.45. The minimum atomic E-state index is -0.338. The molecule has 0 bridgehead atoms. The second-order valence-corrected chi connectivity index (χ2v) is 5.82. The Labute approximate surface area is 127 Å². The van der Waals surface area contributed by atoms with E-state index in [2.05, 4.69) is 31.2 Å². The van der Waals surface area contributed by atoms with Gasteiger partial charge in [0.15, 0.2) is 0 Å². The summed E-state index contributed by atoms with van der Waals surface area (Å²) in [6, 6.07) is 18.4. The smallest absolute Gasteiger partial charge is 0.108 e. The lowest BCUT2D eigenvalue weighted by molar-refractivity contribution is -0.840. The first-order valence-electron chi connectivity index (χ1n) is 7.23. The molecular weight excluding hydrogens is 262 g/mol. The number of nitrogens with zero attached hydrogens (tertiary/aromatic N) is 1. The van der Waals surface area contributed by atoms with E-state index in [0.717, 1.165) is 11.1 Å². The summed E-state index contributed by atoms with van der Waals surface area (Å²) in [5.41, 5.74) is 3.46. The first kappa shape index (κ1) is 15.7. The molecule has 0 radical (unpaired) electrons. The zero-order valence-electron chi connectivity index (χ0n) is 13.0. The van der Waals surface area contributed by atoms with Gasteiger partial charge in [-0.2, -0.15) is 0 Å². The van der Waals surface area contributed by atoms with Crippen molar-refractivity contribution in [2.75, 3.05) is 27.2 Å². The van der Waals surface area contributed by atoms with E-state index in [1.165, 1.54) is 5.56 Å². The van der Waals surface area contributed by atoms with E-state index >= 15 is 0 Å². The van der Waals surface area contributed by atoms with Crippen molar-refractivity contribution < 1.29 is 9.38 Å². The molecule has 0 saturated heterocycles. The van der Waals surface area contributed by atoms with Crippen LogP contribution in [0.4, 0.5) is 0 Å². The predicted molar refractivity (Wildman–Crippen MR) is 85.8 cm³/mol. The molecule has 112 valence electrons. The molecule has 2 aromatic rings. The van der Waals surface area contributed by atoms with Gasteiger partial charge in [0.2, 0.25) is 0 Å². The maximum atomic E-state index is 11.7. The van der Waals surface area contributed by atoms with E-state index in [9.17, 15) is 5.21 Å². The van der Waals surface area contributed by atoms with Crippen molar-refractivity contribution in [1.82, 2.24) is 0 Å². The standard InChI is InChI=1S/C18H23NO2/c1-15-9-7-8-12-17(15)18(16-10-5-4-6-11-16)21-14-13-19(2,3)20/h4-12,18H,13-14H2,1-3H3/t18-/m0/s1. The third kappa shape index (κ3) is 4.67. The molecule has 0 aromatic heterocycles. The molecule has 1 atom stereocenters. The Morgan fingerprint density at radius 3 is 2.24 bits per heavy atom. The van der Waals surface area contributed by atoms with Crippen LogP contribution in [-0.2, 0) is 4.74 Å². The van der Waals surface area contributed by atoms with Crippen molar-refractivity contribution >= 4 is 0 Å². The topological polar surface area (TPSA) is 32.3 Å². The lowest BCUT2D eigenvalue weighted by Crippen LogP contribution is -2.36. The van der Waals surface area contributed by atoms with Crippen LogP contribution in [0.3, 0.4) is 0 Å². The number of hydrogen-bond acceptors (Lipinski definition) is 2. The molecule has 3 nitrogen and oxygen atoms in total. The third-order valence-corrected chi connectivity index (χ3v) is 3.49. The highest BCUT2D eigenvalue weighted by atomic mass is 16.5. The van der Waals surface area contributed by atoms with Gasteiger partial charge in [0.05, 0.1) is 20.7 Å². The first-order chi connectivity index (χ1) is 9.97. The van der Waals surface area contributed by atoms with Crippen LogP contribution in [0.15, 0.2) is 54.6 Å². The van der Waals surface area contributed by atoms with Gasteiger partial charge in [-0.1, -0.05) is 54.6 Å². The molecule has 0 N–H and O–H groups in total. The second kappa shape index (κ2) is 6.85. The van der Waals surface area contributed by atoms with Crippen LogP contribution in [0.5, 0.6) is 0 Å². The molecular formula is C18H23NO2. The van der Waals surface area contributed by atoms with Crippen LogP contribution in [0, 0.1) is 12.1 Å². The van der Waals surface area contributed by atoms with E-state index in [-0.39, 0.29) is 10.8 Å². The van der Waals surface area contributed by atoms with Gasteiger partial charge in [0.25, 0.3) is 0 Å². The quantitative estimate of drug-likeness (QED) is 0.599. The molecule has 2 aromatic carbocycles. The van der Waals surface area contributed by atoms with Gasteiger partial charge < -0.3 is 14.6 Å². The normalized spacial score (nSPS) is 13.1. The number of quaternary nitrogens is 1. The van der Waals surface area contributed by atoms with Gasteiger partial charge in [0, 0.05) is 0 Å². The number of aryl methyl sites for hydroxylation is 1. The molecule has 0 amide bonds. The Bertz CT molecular complexity index is 561. The highest BCUT2D eigenvalue weighted by molar-refractivity contribution is 5.35. The lowest BCUT2D eigenvalue weighted by Gasteiger charge is -2.34. The molecule has 0 aliphatic rings. The summed E-state index contributed by atoms with van der Waals surface area (Å²) in [5, 5.41) is 11.7. The van der Waals surface area contributed by atoms with Crippen molar-refractivity contribution in [1.29, 1.82) is 0 Å². The number of benzene rings is 2. The Morgan fingerprint density at radius 1 is 1.00 bits per heavy atom. The molecule has 0 fully saturated rings. The number of hydroxylamine groups is 3. The number of rotatable bonds is 6. The molecule has 0 saturated carbocycles. The van der Waals surface area contributed by atoms with Crippen LogP contribution < -0.4 is 0 Å². The molecule has 0 heterocycles. The Hall–Kier alpha value is -1.68. The first-order valence-corrected chi connectivity index (χ1v) is 7.23. The Morgan fingerprint density at radius 2 is 1.62 bits per heavy atom. The average molecular weight is 285 g/mol. The van der Waals surface area contributed by atoms with E-state index in [1.54, 1.807) is 14.1 Å². The van der Waals surface area contributed by atoms with Crippen molar-refractivity contribution in [3.63, 3.8) is 0 Å². The summed E-state index contributed by atoms with van der Waals surface area (Å²) in [4.78, 5) is 0. The zero-order chi connectivity index (χ0) is 15.3. The van der Waals surface area contributed by atoms with Crippen molar-refractivity contribution in [2.24, 2.45) is 0 Å². The van der Waals surface area contributed by atoms with Gasteiger partial charge in [-0.15, -0.1) is 0 Å². The van der Waals surface area contributed by atoms with Gasteiger partial charge in [-0.3, -0.25) is 0 Å². The fourth-order valence-corrected chi connectivity index (χ4v) is 2.26. The molecule has 2 rings (SSSR count). The van der Waals surface area contributed by atoms with Gasteiger partial charge in [0.1, 0.15) is 12.6 Å². The lowest BCUT2D eigenvalue weighted by atomic mass is 9.97. The molecule has 0 aliphatic heterocycles. The fourth-order valence-electron chi connectivity index (χ4n) is 2.26. The third-order valence-electron chi connectivity index (χ3n) is 3.49. The summed E-state index contributed by atoms with van der Waals surface area (Å²) in [5.74, 6) is 0. The second-order valence-electron chi connectivity index (χ2n) is 5.82. The van der Waals surface area contributed by atoms with E-state index in [0.29, 0.717) is 13.2 Å². The highest BCUT2D eigenvalue weighted by Crippen LogP contribution is 2.28. The maximum Gasteiger partial charge on any atom is 0.108 e. The summed E-state index contributed by atoms with van der Waals surface area (Å²) in [6.45, 7) is 2.96. The van der Waals surface area contributed by atoms with E-state index in [4.69, 9.17) is 4.74 Å². The summed E-state index contributed by atoms with van der Waals surface area (Å²) >= 11 is 0. The Kier molecular flexibility index (Phi) is 5.12. The van der Waals surface area contributed by atoms with Crippen molar-refractivity contribution in [3.05, 3.63) is 76.5 Å². The van der Waals surface area contributed by atoms with E-state index < -0.39 is 0 Å². The molecule has 0 aliphatic carbocycles. The SMILES string of the molecule is Cc1ccccc1[C@@H](OCC[N+](C)(C)[O-])c1ccccc1. The number of hydrogen-bond donors (Lipinski definition) is 0. The molecule has 0 unspecified atom stereocenters. The molecule has 21 heavy (non-hydrogen) atoms. The van der Waals surface area contributed by atoms with Crippen molar-refractivity contribution in [2.45, 2.75) is 13.0 Å². The highest BCUT2D eigenvalue weighted by Gasteiger charge is 2.17. The summed E-state index contributed by atoms with van der Waals surface area (Å²) in [6.07, 6.45) is -0.126. The molecule has 0 spiro atoms. The zero-order valence-corrected chi connectivity index (χ0v) is 13.0. The van der Waals surface area contributed by atoms with Gasteiger partial charge in [-0.25, -0.2) is 0 Å². The van der Waals surface area contributed by atoms with Crippen LogP contribution in [-0.4, -0.2) is 31.9 Å². The largest absolute Gasteiger partial charge is 0.633 e.